The fourth-order valence-corrected chi connectivity index (χ4v) is 0.863. The first-order valence-electron chi connectivity index (χ1n) is 3.99. The van der Waals surface area contributed by atoms with Gasteiger partial charge in [-0.25, -0.2) is 4.98 Å². The van der Waals surface area contributed by atoms with Crippen LogP contribution in [0.2, 0.25) is 0 Å². The topological polar surface area (TPSA) is 43.1 Å². The molecule has 0 spiro atoms. The summed E-state index contributed by atoms with van der Waals surface area (Å²) < 4.78 is 1.51. The highest BCUT2D eigenvalue weighted by atomic mass is 15.4. The Kier molecular flexibility index (Phi) is 2.74. The summed E-state index contributed by atoms with van der Waals surface area (Å²) >= 11 is 0. The summed E-state index contributed by atoms with van der Waals surface area (Å²) in [5.74, 6) is 0. The lowest BCUT2D eigenvalue weighted by Gasteiger charge is -1.90. The van der Waals surface area contributed by atoms with Gasteiger partial charge in [0, 0.05) is 0 Å². The molecule has 0 saturated heterocycles. The van der Waals surface area contributed by atoms with Gasteiger partial charge in [-0.05, 0) is 18.6 Å². The minimum absolute atomic E-state index is 0.822. The van der Waals surface area contributed by atoms with Crippen molar-refractivity contribution in [3.8, 4) is 0 Å². The molecule has 0 fully saturated rings. The summed E-state index contributed by atoms with van der Waals surface area (Å²) in [6.07, 6.45) is 3.20. The van der Waals surface area contributed by atoms with Gasteiger partial charge in [-0.1, -0.05) is 13.8 Å². The number of hydrogen-bond acceptors (Lipinski definition) is 3. The fraction of sp³-hybridized carbons (Fsp3) is 0.375. The highest BCUT2D eigenvalue weighted by Crippen LogP contribution is 2.00. The zero-order valence-corrected chi connectivity index (χ0v) is 7.52. The van der Waals surface area contributed by atoms with Gasteiger partial charge in [0.1, 0.15) is 6.33 Å². The van der Waals surface area contributed by atoms with Crippen LogP contribution in [0, 0.1) is 6.92 Å². The molecule has 0 aromatic carbocycles. The fourth-order valence-electron chi connectivity index (χ4n) is 0.863. The van der Waals surface area contributed by atoms with E-state index in [1.165, 1.54) is 11.0 Å². The monoisotopic (exact) mass is 164 g/mol. The molecule has 0 amide bonds. The van der Waals surface area contributed by atoms with E-state index in [-0.39, 0.29) is 0 Å². The molecule has 0 aliphatic heterocycles. The number of nitrogens with zero attached hydrogens (tertiary/aromatic N) is 4. The van der Waals surface area contributed by atoms with Gasteiger partial charge in [0.2, 0.25) is 0 Å². The molecule has 12 heavy (non-hydrogen) atoms. The summed E-state index contributed by atoms with van der Waals surface area (Å²) in [4.78, 5) is 4.01. The molecule has 2 rings (SSSR count). The molecule has 2 aromatic rings. The molecule has 0 radical (unpaired) electrons. The van der Waals surface area contributed by atoms with Crippen LogP contribution < -0.4 is 0 Å². The highest BCUT2D eigenvalue weighted by molar-refractivity contribution is 5.42. The van der Waals surface area contributed by atoms with E-state index in [1.54, 1.807) is 6.20 Å². The summed E-state index contributed by atoms with van der Waals surface area (Å²) in [6.45, 7) is 5.98. The van der Waals surface area contributed by atoms with Crippen molar-refractivity contribution in [1.29, 1.82) is 0 Å². The Bertz CT molecular complexity index is 353. The maximum absolute atomic E-state index is 4.01. The number of aryl methyl sites for hydroxylation is 1. The van der Waals surface area contributed by atoms with Crippen LogP contribution in [0.1, 0.15) is 19.4 Å². The summed E-state index contributed by atoms with van der Waals surface area (Å²) in [5.41, 5.74) is 1.91. The van der Waals surface area contributed by atoms with Crippen molar-refractivity contribution in [3.63, 3.8) is 0 Å². The van der Waals surface area contributed by atoms with Gasteiger partial charge >= 0.3 is 0 Å². The maximum atomic E-state index is 4.01. The molecule has 0 atom stereocenters. The third-order valence-corrected chi connectivity index (χ3v) is 1.38. The Morgan fingerprint density at radius 3 is 2.67 bits per heavy atom. The summed E-state index contributed by atoms with van der Waals surface area (Å²) in [7, 11) is 0. The largest absolute Gasteiger partial charge is 0.213 e. The van der Waals surface area contributed by atoms with E-state index < -0.39 is 0 Å². The standard InChI is InChI=1S/C6H6N4.C2H6/c1-5-2-3-8-10-6(5)7-4-9-10;1-2/h2-4H,1H3;1-2H3. The van der Waals surface area contributed by atoms with Crippen LogP contribution in [0.25, 0.3) is 5.65 Å². The molecular weight excluding hydrogens is 152 g/mol. The molecule has 4 nitrogen and oxygen atoms in total. The molecule has 2 aromatic heterocycles. The van der Waals surface area contributed by atoms with Gasteiger partial charge in [-0.2, -0.15) is 5.10 Å². The third-order valence-electron chi connectivity index (χ3n) is 1.38. The molecule has 0 aliphatic rings. The maximum Gasteiger partial charge on any atom is 0.178 e. The quantitative estimate of drug-likeness (QED) is 0.592. The van der Waals surface area contributed by atoms with E-state index in [1.807, 2.05) is 26.8 Å². The second-order valence-corrected chi connectivity index (χ2v) is 2.09. The minimum atomic E-state index is 0.822. The third kappa shape index (κ3) is 1.42. The molecular formula is C8H12N4. The van der Waals surface area contributed by atoms with Crippen molar-refractivity contribution >= 4 is 5.65 Å². The van der Waals surface area contributed by atoms with E-state index in [0.29, 0.717) is 0 Å². The number of rotatable bonds is 0. The van der Waals surface area contributed by atoms with E-state index in [9.17, 15) is 0 Å². The first-order valence-corrected chi connectivity index (χ1v) is 3.99. The van der Waals surface area contributed by atoms with E-state index in [2.05, 4.69) is 15.2 Å². The molecule has 64 valence electrons. The summed E-state index contributed by atoms with van der Waals surface area (Å²) in [5, 5.41) is 7.82. The average Bonchev–Trinajstić information content (AvgIpc) is 2.57. The van der Waals surface area contributed by atoms with Crippen molar-refractivity contribution in [3.05, 3.63) is 24.2 Å². The lowest BCUT2D eigenvalue weighted by atomic mass is 10.3. The molecule has 0 unspecified atom stereocenters. The molecule has 0 aliphatic carbocycles. The SMILES string of the molecule is CC.Cc1ccnn2ncnc12. The van der Waals surface area contributed by atoms with E-state index in [4.69, 9.17) is 0 Å². The molecule has 0 bridgehead atoms. The van der Waals surface area contributed by atoms with Crippen LogP contribution >= 0.6 is 0 Å². The lowest BCUT2D eigenvalue weighted by Crippen LogP contribution is -1.93. The number of hydrogen-bond donors (Lipinski definition) is 0. The first kappa shape index (κ1) is 8.64. The molecule has 2 heterocycles. The lowest BCUT2D eigenvalue weighted by molar-refractivity contribution is 0.796. The van der Waals surface area contributed by atoms with Crippen LogP contribution in [-0.2, 0) is 0 Å². The van der Waals surface area contributed by atoms with Crippen molar-refractivity contribution in [2.45, 2.75) is 20.8 Å². The predicted molar refractivity (Wildman–Crippen MR) is 46.9 cm³/mol. The van der Waals surface area contributed by atoms with E-state index in [0.717, 1.165) is 11.2 Å². The summed E-state index contributed by atoms with van der Waals surface area (Å²) in [6, 6.07) is 1.91. The van der Waals surface area contributed by atoms with Gasteiger partial charge in [0.15, 0.2) is 5.65 Å². The number of aromatic nitrogens is 4. The second kappa shape index (κ2) is 3.80. The number of fused-ring (bicyclic) bond motifs is 1. The van der Waals surface area contributed by atoms with Crippen molar-refractivity contribution < 1.29 is 0 Å². The Balaban J connectivity index is 0.000000336. The second-order valence-electron chi connectivity index (χ2n) is 2.09. The molecule has 0 N–H and O–H groups in total. The van der Waals surface area contributed by atoms with Gasteiger partial charge in [0.25, 0.3) is 0 Å². The first-order chi connectivity index (χ1) is 5.88. The van der Waals surface area contributed by atoms with Gasteiger partial charge in [-0.3, -0.25) is 0 Å². The minimum Gasteiger partial charge on any atom is -0.213 e. The van der Waals surface area contributed by atoms with Crippen LogP contribution in [0.4, 0.5) is 0 Å². The van der Waals surface area contributed by atoms with E-state index >= 15 is 0 Å². The van der Waals surface area contributed by atoms with Crippen molar-refractivity contribution in [2.24, 2.45) is 0 Å². The average molecular weight is 164 g/mol. The zero-order chi connectivity index (χ0) is 8.97. The van der Waals surface area contributed by atoms with Crippen LogP contribution in [0.5, 0.6) is 0 Å². The molecule has 0 saturated carbocycles. The van der Waals surface area contributed by atoms with Crippen LogP contribution in [0.3, 0.4) is 0 Å². The Hall–Kier alpha value is -1.45. The predicted octanol–water partition coefficient (Wildman–Crippen LogP) is 1.46. The van der Waals surface area contributed by atoms with Gasteiger partial charge in [-0.15, -0.1) is 9.73 Å². The Labute approximate surface area is 71.2 Å². The van der Waals surface area contributed by atoms with Crippen LogP contribution in [-0.4, -0.2) is 19.8 Å². The molecule has 4 heteroatoms. The normalized spacial score (nSPS) is 9.25. The highest BCUT2D eigenvalue weighted by Gasteiger charge is 1.96. The van der Waals surface area contributed by atoms with Crippen molar-refractivity contribution in [2.75, 3.05) is 0 Å². The van der Waals surface area contributed by atoms with Gasteiger partial charge in [0.05, 0.1) is 6.20 Å². The zero-order valence-electron chi connectivity index (χ0n) is 7.52. The van der Waals surface area contributed by atoms with Crippen LogP contribution in [0.15, 0.2) is 18.6 Å². The van der Waals surface area contributed by atoms with Crippen molar-refractivity contribution in [1.82, 2.24) is 19.8 Å². The van der Waals surface area contributed by atoms with Gasteiger partial charge < -0.3 is 0 Å². The Morgan fingerprint density at radius 2 is 2.00 bits per heavy atom. The Morgan fingerprint density at radius 1 is 1.25 bits per heavy atom. The smallest absolute Gasteiger partial charge is 0.178 e.